The molecule has 0 atom stereocenters. The lowest BCUT2D eigenvalue weighted by Gasteiger charge is -2.13. The van der Waals surface area contributed by atoms with Crippen molar-refractivity contribution in [2.24, 2.45) is 0 Å². The number of anilines is 1. The Morgan fingerprint density at radius 3 is 2.48 bits per heavy atom. The second-order valence-corrected chi connectivity index (χ2v) is 8.70. The number of rotatable bonds is 9. The van der Waals surface area contributed by atoms with E-state index in [2.05, 4.69) is 15.4 Å². The number of fused-ring (bicyclic) bond motifs is 3. The first-order valence-corrected chi connectivity index (χ1v) is 11.7. The molecular formula is C21H23N5O6S. The summed E-state index contributed by atoms with van der Waals surface area (Å²) in [5.74, 6) is 2.48. The normalized spacial score (nSPS) is 11.6. The zero-order valence-corrected chi connectivity index (χ0v) is 19.3. The van der Waals surface area contributed by atoms with Crippen LogP contribution < -0.4 is 19.5 Å². The molecule has 12 heteroatoms. The SMILES string of the molecule is COc1ccc(CNc2nc3c(OC)cccc3c3nc(COS(C)(=O)=O)nn23)c(OC)c1. The second-order valence-electron chi connectivity index (χ2n) is 7.05. The maximum absolute atomic E-state index is 11.4. The molecule has 33 heavy (non-hydrogen) atoms. The van der Waals surface area contributed by atoms with Gasteiger partial charge in [-0.2, -0.15) is 12.9 Å². The van der Waals surface area contributed by atoms with Gasteiger partial charge in [-0.05, 0) is 24.3 Å². The number of nitrogens with one attached hydrogen (secondary N) is 1. The Balaban J connectivity index is 1.78. The molecule has 0 bridgehead atoms. The molecule has 0 radical (unpaired) electrons. The van der Waals surface area contributed by atoms with Crippen molar-refractivity contribution in [3.8, 4) is 17.2 Å². The molecule has 4 rings (SSSR count). The molecule has 0 spiro atoms. The summed E-state index contributed by atoms with van der Waals surface area (Å²) in [5.41, 5.74) is 1.93. The van der Waals surface area contributed by atoms with Gasteiger partial charge in [-0.3, -0.25) is 4.18 Å². The van der Waals surface area contributed by atoms with Crippen LogP contribution in [0, 0.1) is 0 Å². The van der Waals surface area contributed by atoms with Gasteiger partial charge >= 0.3 is 0 Å². The van der Waals surface area contributed by atoms with Gasteiger partial charge in [-0.15, -0.1) is 5.10 Å². The van der Waals surface area contributed by atoms with E-state index in [0.29, 0.717) is 46.3 Å². The van der Waals surface area contributed by atoms with Gasteiger partial charge < -0.3 is 19.5 Å². The predicted molar refractivity (Wildman–Crippen MR) is 121 cm³/mol. The van der Waals surface area contributed by atoms with Crippen molar-refractivity contribution in [3.63, 3.8) is 0 Å². The lowest BCUT2D eigenvalue weighted by atomic mass is 10.2. The number of hydrogen-bond donors (Lipinski definition) is 1. The molecule has 0 aliphatic carbocycles. The monoisotopic (exact) mass is 473 g/mol. The summed E-state index contributed by atoms with van der Waals surface area (Å²) >= 11 is 0. The van der Waals surface area contributed by atoms with Crippen LogP contribution in [0.1, 0.15) is 11.4 Å². The molecule has 0 aliphatic rings. The number of hydrogen-bond acceptors (Lipinski definition) is 10. The number of benzene rings is 2. The van der Waals surface area contributed by atoms with Crippen LogP contribution in [0.3, 0.4) is 0 Å². The first-order valence-electron chi connectivity index (χ1n) is 9.84. The molecule has 11 nitrogen and oxygen atoms in total. The molecule has 174 valence electrons. The maximum Gasteiger partial charge on any atom is 0.264 e. The molecule has 2 heterocycles. The fraction of sp³-hybridized carbons (Fsp3) is 0.286. The van der Waals surface area contributed by atoms with E-state index in [9.17, 15) is 8.42 Å². The topological polar surface area (TPSA) is 126 Å². The van der Waals surface area contributed by atoms with Crippen molar-refractivity contribution in [1.82, 2.24) is 19.6 Å². The third-order valence-corrected chi connectivity index (χ3v) is 5.41. The Hall–Kier alpha value is -3.64. The fourth-order valence-electron chi connectivity index (χ4n) is 3.32. The Morgan fingerprint density at radius 2 is 1.79 bits per heavy atom. The van der Waals surface area contributed by atoms with Crippen LogP contribution in [0.15, 0.2) is 36.4 Å². The minimum Gasteiger partial charge on any atom is -0.497 e. The summed E-state index contributed by atoms with van der Waals surface area (Å²) in [6.45, 7) is 0.0721. The van der Waals surface area contributed by atoms with Crippen LogP contribution in [0.5, 0.6) is 17.2 Å². The van der Waals surface area contributed by atoms with Gasteiger partial charge in [-0.1, -0.05) is 6.07 Å². The summed E-state index contributed by atoms with van der Waals surface area (Å²) in [5, 5.41) is 8.36. The van der Waals surface area contributed by atoms with E-state index in [-0.39, 0.29) is 12.4 Å². The average molecular weight is 474 g/mol. The van der Waals surface area contributed by atoms with Crippen LogP contribution in [0.4, 0.5) is 5.95 Å². The molecular weight excluding hydrogens is 450 g/mol. The molecule has 2 aromatic heterocycles. The van der Waals surface area contributed by atoms with Crippen LogP contribution in [0.25, 0.3) is 16.6 Å². The zero-order chi connectivity index (χ0) is 23.6. The third kappa shape index (κ3) is 4.76. The van der Waals surface area contributed by atoms with Gasteiger partial charge in [-0.25, -0.2) is 9.97 Å². The van der Waals surface area contributed by atoms with E-state index in [4.69, 9.17) is 23.4 Å². The van der Waals surface area contributed by atoms with Crippen LogP contribution in [-0.4, -0.2) is 55.6 Å². The summed E-state index contributed by atoms with van der Waals surface area (Å²) in [4.78, 5) is 9.18. The molecule has 1 N–H and O–H groups in total. The van der Waals surface area contributed by atoms with Crippen molar-refractivity contribution in [1.29, 1.82) is 0 Å². The van der Waals surface area contributed by atoms with Gasteiger partial charge in [0.2, 0.25) is 5.95 Å². The highest BCUT2D eigenvalue weighted by Gasteiger charge is 2.17. The Bertz CT molecular complexity index is 1420. The third-order valence-electron chi connectivity index (χ3n) is 4.86. The number of para-hydroxylation sites is 1. The number of ether oxygens (including phenoxy) is 3. The summed E-state index contributed by atoms with van der Waals surface area (Å²) in [7, 11) is 1.09. The van der Waals surface area contributed by atoms with Crippen molar-refractivity contribution < 1.29 is 26.8 Å². The van der Waals surface area contributed by atoms with Crippen molar-refractivity contribution in [2.45, 2.75) is 13.2 Å². The summed E-state index contributed by atoms with van der Waals surface area (Å²) in [6, 6.07) is 11.0. The lowest BCUT2D eigenvalue weighted by molar-refractivity contribution is 0.302. The van der Waals surface area contributed by atoms with Crippen LogP contribution in [0.2, 0.25) is 0 Å². The minimum atomic E-state index is -3.65. The molecule has 0 amide bonds. The quantitative estimate of drug-likeness (QED) is 0.362. The average Bonchev–Trinajstić information content (AvgIpc) is 3.25. The van der Waals surface area contributed by atoms with E-state index in [1.165, 1.54) is 4.52 Å². The van der Waals surface area contributed by atoms with E-state index in [0.717, 1.165) is 11.8 Å². The molecule has 0 fully saturated rings. The highest BCUT2D eigenvalue weighted by molar-refractivity contribution is 7.85. The molecule has 0 saturated heterocycles. The Labute approximate surface area is 190 Å². The van der Waals surface area contributed by atoms with Crippen molar-refractivity contribution in [2.75, 3.05) is 32.9 Å². The predicted octanol–water partition coefficient (Wildman–Crippen LogP) is 2.39. The van der Waals surface area contributed by atoms with Gasteiger partial charge in [0, 0.05) is 23.6 Å². The van der Waals surface area contributed by atoms with E-state index in [1.807, 2.05) is 24.3 Å². The van der Waals surface area contributed by atoms with Gasteiger partial charge in [0.1, 0.15) is 29.4 Å². The molecule has 0 unspecified atom stereocenters. The van der Waals surface area contributed by atoms with Crippen LogP contribution >= 0.6 is 0 Å². The first-order chi connectivity index (χ1) is 15.8. The van der Waals surface area contributed by atoms with Gasteiger partial charge in [0.25, 0.3) is 10.1 Å². The standard InChI is InChI=1S/C21H23N5O6S/c1-29-14-9-8-13(17(10-14)31-3)11-22-21-24-19-15(6-5-7-16(19)30-2)20-23-18(25-26(20)21)12-32-33(4,27)28/h5-10H,11-12H2,1-4H3,(H,22,24). The highest BCUT2D eigenvalue weighted by atomic mass is 32.2. The van der Waals surface area contributed by atoms with Gasteiger partial charge in [0.05, 0.1) is 27.6 Å². The smallest absolute Gasteiger partial charge is 0.264 e. The van der Waals surface area contributed by atoms with Gasteiger partial charge in [0.15, 0.2) is 11.5 Å². The summed E-state index contributed by atoms with van der Waals surface area (Å²) in [6.07, 6.45) is 0.972. The van der Waals surface area contributed by atoms with Crippen LogP contribution in [-0.2, 0) is 27.5 Å². The van der Waals surface area contributed by atoms with Crippen molar-refractivity contribution in [3.05, 3.63) is 47.8 Å². The highest BCUT2D eigenvalue weighted by Crippen LogP contribution is 2.29. The van der Waals surface area contributed by atoms with E-state index < -0.39 is 10.1 Å². The number of aromatic nitrogens is 4. The fourth-order valence-corrected chi connectivity index (χ4v) is 3.64. The molecule has 2 aromatic carbocycles. The van der Waals surface area contributed by atoms with Crippen molar-refractivity contribution >= 4 is 32.6 Å². The zero-order valence-electron chi connectivity index (χ0n) is 18.5. The first kappa shape index (κ1) is 22.6. The number of nitrogens with zero attached hydrogens (tertiary/aromatic N) is 4. The second kappa shape index (κ2) is 9.08. The summed E-state index contributed by atoms with van der Waals surface area (Å²) < 4.78 is 45.4. The molecule has 0 saturated carbocycles. The lowest BCUT2D eigenvalue weighted by Crippen LogP contribution is -2.09. The maximum atomic E-state index is 11.4. The van der Waals surface area contributed by atoms with E-state index >= 15 is 0 Å². The Kier molecular flexibility index (Phi) is 6.20. The minimum absolute atomic E-state index is 0.197. The Morgan fingerprint density at radius 1 is 1.00 bits per heavy atom. The molecule has 0 aliphatic heterocycles. The molecule has 4 aromatic rings. The largest absolute Gasteiger partial charge is 0.497 e. The van der Waals surface area contributed by atoms with E-state index in [1.54, 1.807) is 33.5 Å². The number of methoxy groups -OCH3 is 3.